The van der Waals surface area contributed by atoms with E-state index in [1.54, 1.807) is 0 Å². The van der Waals surface area contributed by atoms with E-state index < -0.39 is 5.60 Å². The summed E-state index contributed by atoms with van der Waals surface area (Å²) in [5.41, 5.74) is -0.749. The van der Waals surface area contributed by atoms with Gasteiger partial charge in [0.2, 0.25) is 11.8 Å². The van der Waals surface area contributed by atoms with Crippen LogP contribution in [0.5, 0.6) is 0 Å². The summed E-state index contributed by atoms with van der Waals surface area (Å²) < 4.78 is 0. The summed E-state index contributed by atoms with van der Waals surface area (Å²) >= 11 is 0. The van der Waals surface area contributed by atoms with Crippen molar-refractivity contribution in [3.63, 3.8) is 0 Å². The summed E-state index contributed by atoms with van der Waals surface area (Å²) in [6, 6.07) is 0. The highest BCUT2D eigenvalue weighted by molar-refractivity contribution is 5.77. The van der Waals surface area contributed by atoms with Crippen molar-refractivity contribution in [2.75, 3.05) is 13.1 Å². The number of hydrogen-bond donors (Lipinski definition) is 3. The summed E-state index contributed by atoms with van der Waals surface area (Å²) in [7, 11) is 0. The van der Waals surface area contributed by atoms with Crippen molar-refractivity contribution in [2.24, 2.45) is 5.92 Å². The van der Waals surface area contributed by atoms with Gasteiger partial charge in [-0.05, 0) is 18.8 Å². The van der Waals surface area contributed by atoms with Crippen LogP contribution in [0.15, 0.2) is 0 Å². The molecular weight excluding hydrogens is 232 g/mol. The molecule has 0 aromatic heterocycles. The molecule has 0 aliphatic heterocycles. The molecule has 1 rings (SSSR count). The van der Waals surface area contributed by atoms with Crippen LogP contribution in [0, 0.1) is 5.92 Å². The van der Waals surface area contributed by atoms with E-state index in [0.29, 0.717) is 19.0 Å². The molecule has 0 aromatic rings. The average Bonchev–Trinajstić information content (AvgIpc) is 2.26. The maximum absolute atomic E-state index is 11.5. The monoisotopic (exact) mass is 256 g/mol. The lowest BCUT2D eigenvalue weighted by atomic mass is 9.79. The number of aliphatic hydroxyl groups is 1. The van der Waals surface area contributed by atoms with Crippen molar-refractivity contribution >= 4 is 11.8 Å². The number of carbonyl (C=O) groups excluding carboxylic acids is 2. The molecule has 104 valence electrons. The lowest BCUT2D eigenvalue weighted by Crippen LogP contribution is -2.46. The third-order valence-electron chi connectivity index (χ3n) is 3.41. The molecular formula is C13H24N2O3. The standard InChI is InChI=1S/C13H24N2O3/c1-10-4-3-6-13(18,8-10)9-15-12(17)5-7-14-11(2)16/h10,18H,3-9H2,1-2H3,(H,14,16)(H,15,17). The van der Waals surface area contributed by atoms with Crippen LogP contribution in [0.3, 0.4) is 0 Å². The number of carbonyl (C=O) groups is 2. The molecule has 1 saturated carbocycles. The Kier molecular flexibility index (Phi) is 5.59. The molecule has 5 nitrogen and oxygen atoms in total. The minimum Gasteiger partial charge on any atom is -0.388 e. The molecule has 1 aliphatic rings. The maximum Gasteiger partial charge on any atom is 0.221 e. The summed E-state index contributed by atoms with van der Waals surface area (Å²) in [5, 5.41) is 15.6. The fraction of sp³-hybridized carbons (Fsp3) is 0.846. The molecule has 0 spiro atoms. The van der Waals surface area contributed by atoms with Crippen LogP contribution in [0.25, 0.3) is 0 Å². The van der Waals surface area contributed by atoms with Crippen LogP contribution in [0.4, 0.5) is 0 Å². The quantitative estimate of drug-likeness (QED) is 0.673. The highest BCUT2D eigenvalue weighted by atomic mass is 16.3. The van der Waals surface area contributed by atoms with Crippen molar-refractivity contribution in [1.29, 1.82) is 0 Å². The van der Waals surface area contributed by atoms with Crippen LogP contribution in [-0.4, -0.2) is 35.6 Å². The van der Waals surface area contributed by atoms with Gasteiger partial charge in [-0.1, -0.05) is 19.8 Å². The van der Waals surface area contributed by atoms with E-state index in [1.807, 2.05) is 0 Å². The topological polar surface area (TPSA) is 78.4 Å². The Bertz CT molecular complexity index is 307. The summed E-state index contributed by atoms with van der Waals surface area (Å²) in [6.45, 7) is 4.21. The van der Waals surface area contributed by atoms with Crippen molar-refractivity contribution in [3.05, 3.63) is 0 Å². The fourth-order valence-electron chi connectivity index (χ4n) is 2.50. The Morgan fingerprint density at radius 1 is 1.39 bits per heavy atom. The largest absolute Gasteiger partial charge is 0.388 e. The SMILES string of the molecule is CC(=O)NCCC(=O)NCC1(O)CCCC(C)C1. The van der Waals surface area contributed by atoms with E-state index in [-0.39, 0.29) is 18.2 Å². The molecule has 18 heavy (non-hydrogen) atoms. The zero-order valence-electron chi connectivity index (χ0n) is 11.3. The summed E-state index contributed by atoms with van der Waals surface area (Å²) in [4.78, 5) is 22.2. The third kappa shape index (κ3) is 5.49. The van der Waals surface area contributed by atoms with Crippen molar-refractivity contribution in [1.82, 2.24) is 10.6 Å². The lowest BCUT2D eigenvalue weighted by Gasteiger charge is -2.35. The Morgan fingerprint density at radius 3 is 2.72 bits per heavy atom. The molecule has 1 fully saturated rings. The Hall–Kier alpha value is -1.10. The van der Waals surface area contributed by atoms with E-state index in [4.69, 9.17) is 0 Å². The normalized spacial score (nSPS) is 27.6. The van der Waals surface area contributed by atoms with Gasteiger partial charge in [-0.2, -0.15) is 0 Å². The van der Waals surface area contributed by atoms with Crippen LogP contribution >= 0.6 is 0 Å². The Balaban J connectivity index is 2.22. The predicted octanol–water partition coefficient (Wildman–Crippen LogP) is 0.570. The number of amides is 2. The molecule has 0 radical (unpaired) electrons. The lowest BCUT2D eigenvalue weighted by molar-refractivity contribution is -0.123. The van der Waals surface area contributed by atoms with E-state index in [1.165, 1.54) is 6.92 Å². The zero-order chi connectivity index (χ0) is 13.6. The maximum atomic E-state index is 11.5. The average molecular weight is 256 g/mol. The van der Waals surface area contributed by atoms with E-state index in [9.17, 15) is 14.7 Å². The van der Waals surface area contributed by atoms with Crippen LogP contribution in [0.2, 0.25) is 0 Å². The van der Waals surface area contributed by atoms with Crippen molar-refractivity contribution in [3.8, 4) is 0 Å². The Morgan fingerprint density at radius 2 is 2.11 bits per heavy atom. The first-order chi connectivity index (χ1) is 8.41. The highest BCUT2D eigenvalue weighted by Crippen LogP contribution is 2.31. The van der Waals surface area contributed by atoms with E-state index in [0.717, 1.165) is 25.7 Å². The molecule has 2 unspecified atom stereocenters. The number of rotatable bonds is 5. The smallest absolute Gasteiger partial charge is 0.221 e. The highest BCUT2D eigenvalue weighted by Gasteiger charge is 2.32. The van der Waals surface area contributed by atoms with Gasteiger partial charge in [0, 0.05) is 26.4 Å². The molecule has 5 heteroatoms. The van der Waals surface area contributed by atoms with Gasteiger partial charge in [-0.15, -0.1) is 0 Å². The van der Waals surface area contributed by atoms with Gasteiger partial charge in [0.05, 0.1) is 5.60 Å². The molecule has 0 saturated heterocycles. The van der Waals surface area contributed by atoms with E-state index in [2.05, 4.69) is 17.6 Å². The molecule has 2 amide bonds. The molecule has 0 heterocycles. The van der Waals surface area contributed by atoms with Crippen LogP contribution < -0.4 is 10.6 Å². The minimum absolute atomic E-state index is 0.129. The summed E-state index contributed by atoms with van der Waals surface area (Å²) in [5.74, 6) is 0.248. The zero-order valence-corrected chi connectivity index (χ0v) is 11.3. The predicted molar refractivity (Wildman–Crippen MR) is 68.9 cm³/mol. The molecule has 1 aliphatic carbocycles. The minimum atomic E-state index is -0.749. The molecule has 3 N–H and O–H groups in total. The molecule has 0 bridgehead atoms. The van der Waals surface area contributed by atoms with Gasteiger partial charge >= 0.3 is 0 Å². The van der Waals surface area contributed by atoms with Crippen molar-refractivity contribution < 1.29 is 14.7 Å². The van der Waals surface area contributed by atoms with Crippen LogP contribution in [0.1, 0.15) is 46.0 Å². The number of hydrogen-bond acceptors (Lipinski definition) is 3. The fourth-order valence-corrected chi connectivity index (χ4v) is 2.50. The van der Waals surface area contributed by atoms with Crippen molar-refractivity contribution in [2.45, 2.75) is 51.6 Å². The second-order valence-electron chi connectivity index (χ2n) is 5.44. The number of nitrogens with one attached hydrogen (secondary N) is 2. The first-order valence-corrected chi connectivity index (χ1v) is 6.65. The molecule has 0 aromatic carbocycles. The van der Waals surface area contributed by atoms with Gasteiger partial charge in [-0.25, -0.2) is 0 Å². The van der Waals surface area contributed by atoms with Gasteiger partial charge in [0.25, 0.3) is 0 Å². The van der Waals surface area contributed by atoms with Gasteiger partial charge < -0.3 is 15.7 Å². The van der Waals surface area contributed by atoms with Gasteiger partial charge in [0.1, 0.15) is 0 Å². The second kappa shape index (κ2) is 6.73. The van der Waals surface area contributed by atoms with Gasteiger partial charge in [-0.3, -0.25) is 9.59 Å². The first kappa shape index (κ1) is 15.0. The Labute approximate surface area is 108 Å². The second-order valence-corrected chi connectivity index (χ2v) is 5.44. The molecule has 2 atom stereocenters. The first-order valence-electron chi connectivity index (χ1n) is 6.65. The van der Waals surface area contributed by atoms with E-state index >= 15 is 0 Å². The third-order valence-corrected chi connectivity index (χ3v) is 3.41. The van der Waals surface area contributed by atoms with Crippen LogP contribution in [-0.2, 0) is 9.59 Å². The summed E-state index contributed by atoms with van der Waals surface area (Å²) in [6.07, 6.45) is 3.92. The van der Waals surface area contributed by atoms with Gasteiger partial charge in [0.15, 0.2) is 0 Å².